The average Bonchev–Trinajstić information content (AvgIpc) is 2.54. The van der Waals surface area contributed by atoms with E-state index in [2.05, 4.69) is 9.01 Å². The maximum absolute atomic E-state index is 12.4. The molecule has 0 saturated heterocycles. The van der Waals surface area contributed by atoms with Gasteiger partial charge < -0.3 is 4.29 Å². The van der Waals surface area contributed by atoms with E-state index < -0.39 is 16.0 Å². The zero-order chi connectivity index (χ0) is 16.9. The zero-order valence-electron chi connectivity index (χ0n) is 12.2. The first-order valence-electron chi connectivity index (χ1n) is 6.61. The molecule has 7 heteroatoms. The largest absolute Gasteiger partial charge is 0.349 e. The van der Waals surface area contributed by atoms with E-state index in [0.717, 1.165) is 11.6 Å². The first-order valence-corrected chi connectivity index (χ1v) is 8.41. The molecule has 0 amide bonds. The average molecular weight is 352 g/mol. The Labute approximate surface area is 139 Å². The van der Waals surface area contributed by atoms with E-state index in [1.54, 1.807) is 36.4 Å². The van der Waals surface area contributed by atoms with Crippen LogP contribution in [-0.2, 0) is 19.1 Å². The minimum absolute atomic E-state index is 0.150. The molecule has 2 aromatic carbocycles. The predicted octanol–water partition coefficient (Wildman–Crippen LogP) is 3.51. The van der Waals surface area contributed by atoms with Gasteiger partial charge in [-0.25, -0.2) is 13.2 Å². The molecule has 0 aromatic heterocycles. The number of hydrogen-bond acceptors (Lipinski definition) is 4. The molecule has 0 saturated carbocycles. The lowest BCUT2D eigenvalue weighted by atomic mass is 10.1. The summed E-state index contributed by atoms with van der Waals surface area (Å²) in [5, 5.41) is 0. The van der Waals surface area contributed by atoms with Gasteiger partial charge in [-0.1, -0.05) is 30.3 Å². The van der Waals surface area contributed by atoms with Crippen LogP contribution in [0.4, 0.5) is 5.69 Å². The van der Waals surface area contributed by atoms with Crippen molar-refractivity contribution in [1.82, 2.24) is 0 Å². The summed E-state index contributed by atoms with van der Waals surface area (Å²) < 4.78 is 31.4. The number of aryl methyl sites for hydroxylation is 1. The molecule has 0 heterocycles. The van der Waals surface area contributed by atoms with Crippen LogP contribution in [0.25, 0.3) is 6.08 Å². The summed E-state index contributed by atoms with van der Waals surface area (Å²) in [7, 11) is -3.72. The van der Waals surface area contributed by atoms with E-state index in [4.69, 9.17) is 11.9 Å². The molecule has 2 rings (SSSR count). The molecule has 0 spiro atoms. The van der Waals surface area contributed by atoms with E-state index in [1.165, 1.54) is 18.2 Å². The third kappa shape index (κ3) is 4.58. The Bertz CT molecular complexity index is 832. The van der Waals surface area contributed by atoms with Crippen LogP contribution in [0.5, 0.6) is 0 Å². The summed E-state index contributed by atoms with van der Waals surface area (Å²) in [6.45, 7) is 1.83. The number of rotatable bonds is 5. The van der Waals surface area contributed by atoms with Gasteiger partial charge in [0.15, 0.2) is 0 Å². The Morgan fingerprint density at radius 1 is 1.17 bits per heavy atom. The van der Waals surface area contributed by atoms with Crippen molar-refractivity contribution in [3.05, 3.63) is 65.7 Å². The molecule has 0 atom stereocenters. The molecule has 23 heavy (non-hydrogen) atoms. The molecular formula is C16H14ClNO4S. The number of halogens is 1. The van der Waals surface area contributed by atoms with Crippen molar-refractivity contribution in [2.75, 3.05) is 4.72 Å². The zero-order valence-corrected chi connectivity index (χ0v) is 13.8. The molecular weight excluding hydrogens is 338 g/mol. The number of carbonyl (C=O) groups is 1. The maximum Gasteiger partial charge on any atom is 0.349 e. The van der Waals surface area contributed by atoms with Crippen LogP contribution in [-0.4, -0.2) is 14.4 Å². The third-order valence-electron chi connectivity index (χ3n) is 2.98. The highest BCUT2D eigenvalue weighted by atomic mass is 35.5. The highest BCUT2D eigenvalue weighted by Crippen LogP contribution is 2.23. The number of sulfonamides is 1. The van der Waals surface area contributed by atoms with Gasteiger partial charge in [0.2, 0.25) is 0 Å². The second-order valence-corrected chi connectivity index (χ2v) is 6.58. The number of benzene rings is 2. The van der Waals surface area contributed by atoms with Crippen molar-refractivity contribution in [2.24, 2.45) is 0 Å². The van der Waals surface area contributed by atoms with Gasteiger partial charge in [-0.05, 0) is 42.3 Å². The van der Waals surface area contributed by atoms with Gasteiger partial charge in [-0.3, -0.25) is 4.72 Å². The van der Waals surface area contributed by atoms with E-state index in [9.17, 15) is 13.2 Å². The monoisotopic (exact) mass is 351 g/mol. The van der Waals surface area contributed by atoms with Crippen molar-refractivity contribution in [2.45, 2.75) is 11.8 Å². The van der Waals surface area contributed by atoms with Gasteiger partial charge in [-0.15, -0.1) is 0 Å². The van der Waals surface area contributed by atoms with Crippen molar-refractivity contribution in [1.29, 1.82) is 0 Å². The smallest absolute Gasteiger partial charge is 0.344 e. The van der Waals surface area contributed by atoms with Crippen LogP contribution >= 0.6 is 11.9 Å². The standard InChI is InChI=1S/C16H14ClNO4S/c1-12-7-8-13(9-10-16(19)22-17)15(11-12)18-23(20,21)14-5-3-2-4-6-14/h2-11,18H,1H3. The van der Waals surface area contributed by atoms with Crippen LogP contribution in [0.15, 0.2) is 59.5 Å². The van der Waals surface area contributed by atoms with Crippen molar-refractivity contribution in [3.63, 3.8) is 0 Å². The van der Waals surface area contributed by atoms with Gasteiger partial charge in [0, 0.05) is 6.08 Å². The van der Waals surface area contributed by atoms with Gasteiger partial charge in [0.25, 0.3) is 10.0 Å². The molecule has 0 aliphatic carbocycles. The number of hydrogen-bond donors (Lipinski definition) is 1. The van der Waals surface area contributed by atoms with Crippen molar-refractivity contribution >= 4 is 39.6 Å². The van der Waals surface area contributed by atoms with Gasteiger partial charge in [0.05, 0.1) is 10.6 Å². The van der Waals surface area contributed by atoms with Gasteiger partial charge >= 0.3 is 5.97 Å². The summed E-state index contributed by atoms with van der Waals surface area (Å²) in [6.07, 6.45) is 2.53. The van der Waals surface area contributed by atoms with Crippen LogP contribution < -0.4 is 4.72 Å². The van der Waals surface area contributed by atoms with Crippen molar-refractivity contribution < 1.29 is 17.5 Å². The summed E-state index contributed by atoms with van der Waals surface area (Å²) in [4.78, 5) is 11.2. The molecule has 0 aliphatic rings. The number of anilines is 1. The molecule has 0 bridgehead atoms. The number of carbonyl (C=O) groups excluding carboxylic acids is 1. The first kappa shape index (κ1) is 17.1. The fraction of sp³-hybridized carbons (Fsp3) is 0.0625. The van der Waals surface area contributed by atoms with Gasteiger partial charge in [0.1, 0.15) is 11.9 Å². The molecule has 120 valence electrons. The first-order chi connectivity index (χ1) is 10.9. The van der Waals surface area contributed by atoms with Crippen LogP contribution in [0.2, 0.25) is 0 Å². The van der Waals surface area contributed by atoms with E-state index in [0.29, 0.717) is 11.3 Å². The minimum atomic E-state index is -3.72. The third-order valence-corrected chi connectivity index (χ3v) is 4.52. The van der Waals surface area contributed by atoms with Crippen molar-refractivity contribution in [3.8, 4) is 0 Å². The highest BCUT2D eigenvalue weighted by Gasteiger charge is 2.15. The summed E-state index contributed by atoms with van der Waals surface area (Å²) in [5.74, 6) is -0.746. The molecule has 5 nitrogen and oxygen atoms in total. The Kier molecular flexibility index (Phi) is 5.41. The molecule has 0 unspecified atom stereocenters. The number of nitrogens with one attached hydrogen (secondary N) is 1. The second-order valence-electron chi connectivity index (χ2n) is 4.74. The maximum atomic E-state index is 12.4. The molecule has 0 fully saturated rings. The van der Waals surface area contributed by atoms with Crippen LogP contribution in [0, 0.1) is 6.92 Å². The van der Waals surface area contributed by atoms with E-state index >= 15 is 0 Å². The van der Waals surface area contributed by atoms with Crippen LogP contribution in [0.3, 0.4) is 0 Å². The molecule has 0 radical (unpaired) electrons. The summed E-state index contributed by atoms with van der Waals surface area (Å²) in [5.41, 5.74) is 1.73. The summed E-state index contributed by atoms with van der Waals surface area (Å²) in [6, 6.07) is 13.2. The lowest BCUT2D eigenvalue weighted by Crippen LogP contribution is -2.13. The molecule has 0 aliphatic heterocycles. The normalized spacial score (nSPS) is 11.4. The molecule has 1 N–H and O–H groups in total. The Hall–Kier alpha value is -2.31. The van der Waals surface area contributed by atoms with E-state index in [-0.39, 0.29) is 4.90 Å². The molecule has 2 aromatic rings. The fourth-order valence-corrected chi connectivity index (χ4v) is 3.04. The summed E-state index contributed by atoms with van der Waals surface area (Å²) >= 11 is 4.96. The van der Waals surface area contributed by atoms with E-state index in [1.807, 2.05) is 6.92 Å². The van der Waals surface area contributed by atoms with Crippen LogP contribution in [0.1, 0.15) is 11.1 Å². The predicted molar refractivity (Wildman–Crippen MR) is 89.4 cm³/mol. The lowest BCUT2D eigenvalue weighted by Gasteiger charge is -2.11. The highest BCUT2D eigenvalue weighted by molar-refractivity contribution is 7.92. The second kappa shape index (κ2) is 7.30. The lowest BCUT2D eigenvalue weighted by molar-refractivity contribution is -0.128. The fourth-order valence-electron chi connectivity index (χ4n) is 1.89. The quantitative estimate of drug-likeness (QED) is 0.837. The Balaban J connectivity index is 2.37. The minimum Gasteiger partial charge on any atom is -0.344 e. The Morgan fingerprint density at radius 3 is 2.52 bits per heavy atom. The van der Waals surface area contributed by atoms with Gasteiger partial charge in [-0.2, -0.15) is 0 Å². The SMILES string of the molecule is Cc1ccc(C=CC(=O)OCl)c(NS(=O)(=O)c2ccccc2)c1. The Morgan fingerprint density at radius 2 is 1.87 bits per heavy atom. The topological polar surface area (TPSA) is 72.5 Å².